The van der Waals surface area contributed by atoms with Crippen LogP contribution in [-0.2, 0) is 0 Å². The van der Waals surface area contributed by atoms with Crippen LogP contribution in [0.4, 0.5) is 10.1 Å². The maximum absolute atomic E-state index is 13.5. The zero-order valence-corrected chi connectivity index (χ0v) is 12.7. The molecule has 2 fully saturated rings. The normalized spacial score (nSPS) is 29.3. The fourth-order valence-corrected chi connectivity index (χ4v) is 3.86. The third-order valence-corrected chi connectivity index (χ3v) is 4.94. The number of hydrogen-bond acceptors (Lipinski definition) is 3. The van der Waals surface area contributed by atoms with Crippen molar-refractivity contribution >= 4 is 5.69 Å². The molecule has 0 radical (unpaired) electrons. The summed E-state index contributed by atoms with van der Waals surface area (Å²) in [5, 5.41) is 7.29. The van der Waals surface area contributed by atoms with Crippen molar-refractivity contribution in [2.45, 2.75) is 50.6 Å². The van der Waals surface area contributed by atoms with Crippen molar-refractivity contribution in [3.63, 3.8) is 0 Å². The van der Waals surface area contributed by atoms with E-state index >= 15 is 0 Å². The van der Waals surface area contributed by atoms with Crippen molar-refractivity contribution in [2.24, 2.45) is 5.92 Å². The number of halogens is 1. The summed E-state index contributed by atoms with van der Waals surface area (Å²) in [6.07, 6.45) is 7.69. The molecule has 0 amide bonds. The molecule has 3 rings (SSSR count). The Balaban J connectivity index is 1.68. The molecule has 3 unspecified atom stereocenters. The predicted molar refractivity (Wildman–Crippen MR) is 83.3 cm³/mol. The van der Waals surface area contributed by atoms with Gasteiger partial charge in [0.25, 0.3) is 0 Å². The number of benzene rings is 1. The van der Waals surface area contributed by atoms with Crippen molar-refractivity contribution in [3.8, 4) is 5.75 Å². The molecular weight excluding hydrogens is 267 g/mol. The minimum Gasteiger partial charge on any atom is -0.494 e. The fraction of sp³-hybridized carbons (Fsp3) is 0.647. The molecule has 1 saturated carbocycles. The number of methoxy groups -OCH3 is 1. The van der Waals surface area contributed by atoms with Crippen LogP contribution in [0.5, 0.6) is 5.75 Å². The monoisotopic (exact) mass is 292 g/mol. The average molecular weight is 292 g/mol. The number of rotatable bonds is 4. The maximum Gasteiger partial charge on any atom is 0.165 e. The summed E-state index contributed by atoms with van der Waals surface area (Å²) in [7, 11) is 1.51. The van der Waals surface area contributed by atoms with Gasteiger partial charge in [0, 0.05) is 23.8 Å². The Morgan fingerprint density at radius 3 is 2.86 bits per heavy atom. The average Bonchev–Trinajstić information content (AvgIpc) is 2.98. The Kier molecular flexibility index (Phi) is 4.63. The van der Waals surface area contributed by atoms with Crippen molar-refractivity contribution < 1.29 is 9.13 Å². The van der Waals surface area contributed by atoms with Gasteiger partial charge in [0.2, 0.25) is 0 Å². The molecule has 21 heavy (non-hydrogen) atoms. The summed E-state index contributed by atoms with van der Waals surface area (Å²) in [6.45, 7) is 1.15. The predicted octanol–water partition coefficient (Wildman–Crippen LogP) is 3.56. The molecule has 1 aliphatic carbocycles. The molecule has 0 aromatic heterocycles. The summed E-state index contributed by atoms with van der Waals surface area (Å²) in [4.78, 5) is 0. The second kappa shape index (κ2) is 6.65. The van der Waals surface area contributed by atoms with E-state index in [9.17, 15) is 4.39 Å². The molecule has 1 aromatic rings. The van der Waals surface area contributed by atoms with Crippen LogP contribution in [0, 0.1) is 11.7 Å². The minimum atomic E-state index is -0.306. The standard InChI is InChI=1S/C17H25FN2O/c1-21-17-11-12(8-9-14(17)18)20-16-7-4-5-13(16)15-6-2-3-10-19-15/h8-9,11,13,15-16,19-20H,2-7,10H2,1H3. The van der Waals surface area contributed by atoms with Crippen molar-refractivity contribution in [1.82, 2.24) is 5.32 Å². The fourth-order valence-electron chi connectivity index (χ4n) is 3.86. The van der Waals surface area contributed by atoms with E-state index in [1.54, 1.807) is 6.07 Å². The second-order valence-corrected chi connectivity index (χ2v) is 6.25. The van der Waals surface area contributed by atoms with E-state index in [0.717, 1.165) is 12.2 Å². The first-order valence-corrected chi connectivity index (χ1v) is 8.11. The van der Waals surface area contributed by atoms with Crippen LogP contribution < -0.4 is 15.4 Å². The zero-order chi connectivity index (χ0) is 14.7. The topological polar surface area (TPSA) is 33.3 Å². The van der Waals surface area contributed by atoms with Gasteiger partial charge in [-0.15, -0.1) is 0 Å². The molecule has 1 aromatic carbocycles. The van der Waals surface area contributed by atoms with Crippen LogP contribution >= 0.6 is 0 Å². The Morgan fingerprint density at radius 1 is 1.19 bits per heavy atom. The molecular formula is C17H25FN2O. The summed E-state index contributed by atoms with van der Waals surface area (Å²) >= 11 is 0. The molecule has 1 aliphatic heterocycles. The maximum atomic E-state index is 13.5. The highest BCUT2D eigenvalue weighted by Crippen LogP contribution is 2.34. The van der Waals surface area contributed by atoms with Gasteiger partial charge in [-0.25, -0.2) is 4.39 Å². The third kappa shape index (κ3) is 3.31. The molecule has 1 heterocycles. The lowest BCUT2D eigenvalue weighted by Crippen LogP contribution is -2.44. The smallest absolute Gasteiger partial charge is 0.165 e. The van der Waals surface area contributed by atoms with Gasteiger partial charge in [0.15, 0.2) is 11.6 Å². The van der Waals surface area contributed by atoms with Gasteiger partial charge in [-0.2, -0.15) is 0 Å². The number of hydrogen-bond donors (Lipinski definition) is 2. The van der Waals surface area contributed by atoms with E-state index in [1.165, 1.54) is 51.7 Å². The van der Waals surface area contributed by atoms with Gasteiger partial charge in [-0.05, 0) is 50.3 Å². The number of nitrogens with one attached hydrogen (secondary N) is 2. The molecule has 0 bridgehead atoms. The van der Waals surface area contributed by atoms with Gasteiger partial charge in [-0.3, -0.25) is 0 Å². The Bertz CT molecular complexity index is 474. The van der Waals surface area contributed by atoms with Crippen molar-refractivity contribution in [3.05, 3.63) is 24.0 Å². The van der Waals surface area contributed by atoms with E-state index in [4.69, 9.17) is 4.74 Å². The van der Waals surface area contributed by atoms with Crippen LogP contribution in [-0.4, -0.2) is 25.7 Å². The lowest BCUT2D eigenvalue weighted by molar-refractivity contribution is 0.286. The van der Waals surface area contributed by atoms with Crippen LogP contribution in [0.15, 0.2) is 18.2 Å². The highest BCUT2D eigenvalue weighted by molar-refractivity contribution is 5.49. The summed E-state index contributed by atoms with van der Waals surface area (Å²) in [6, 6.07) is 6.17. The summed E-state index contributed by atoms with van der Waals surface area (Å²) in [5.41, 5.74) is 0.959. The van der Waals surface area contributed by atoms with E-state index in [0.29, 0.717) is 23.8 Å². The quantitative estimate of drug-likeness (QED) is 0.890. The molecule has 2 aliphatic rings. The van der Waals surface area contributed by atoms with E-state index in [-0.39, 0.29) is 5.82 Å². The second-order valence-electron chi connectivity index (χ2n) is 6.25. The molecule has 3 nitrogen and oxygen atoms in total. The number of piperidine rings is 1. The largest absolute Gasteiger partial charge is 0.494 e. The lowest BCUT2D eigenvalue weighted by atomic mass is 9.88. The molecule has 0 spiro atoms. The third-order valence-electron chi connectivity index (χ3n) is 4.94. The van der Waals surface area contributed by atoms with Crippen LogP contribution in [0.25, 0.3) is 0 Å². The minimum absolute atomic E-state index is 0.306. The van der Waals surface area contributed by atoms with E-state index in [2.05, 4.69) is 10.6 Å². The van der Waals surface area contributed by atoms with Crippen LogP contribution in [0.2, 0.25) is 0 Å². The molecule has 2 N–H and O–H groups in total. The highest BCUT2D eigenvalue weighted by atomic mass is 19.1. The first-order valence-electron chi connectivity index (χ1n) is 8.11. The van der Waals surface area contributed by atoms with Gasteiger partial charge in [0.1, 0.15) is 0 Å². The van der Waals surface area contributed by atoms with Crippen LogP contribution in [0.3, 0.4) is 0 Å². The van der Waals surface area contributed by atoms with Crippen molar-refractivity contribution in [1.29, 1.82) is 0 Å². The van der Waals surface area contributed by atoms with Gasteiger partial charge in [0.05, 0.1) is 7.11 Å². The number of anilines is 1. The highest BCUT2D eigenvalue weighted by Gasteiger charge is 2.34. The van der Waals surface area contributed by atoms with E-state index < -0.39 is 0 Å². The summed E-state index contributed by atoms with van der Waals surface area (Å²) in [5.74, 6) is 0.687. The first-order chi connectivity index (χ1) is 10.3. The summed E-state index contributed by atoms with van der Waals surface area (Å²) < 4.78 is 18.6. The molecule has 4 heteroatoms. The number of ether oxygens (including phenoxy) is 1. The molecule has 3 atom stereocenters. The lowest BCUT2D eigenvalue weighted by Gasteiger charge is -2.33. The van der Waals surface area contributed by atoms with Crippen molar-refractivity contribution in [2.75, 3.05) is 19.0 Å². The molecule has 1 saturated heterocycles. The van der Waals surface area contributed by atoms with Gasteiger partial charge in [-0.1, -0.05) is 12.8 Å². The Morgan fingerprint density at radius 2 is 2.10 bits per heavy atom. The Hall–Kier alpha value is -1.29. The molecule has 116 valence electrons. The van der Waals surface area contributed by atoms with Crippen LogP contribution in [0.1, 0.15) is 38.5 Å². The SMILES string of the molecule is COc1cc(NC2CCCC2C2CCCCN2)ccc1F. The van der Waals surface area contributed by atoms with E-state index in [1.807, 2.05) is 6.07 Å². The Labute approximate surface area is 126 Å². The first kappa shape index (κ1) is 14.6. The van der Waals surface area contributed by atoms with Gasteiger partial charge >= 0.3 is 0 Å². The van der Waals surface area contributed by atoms with Gasteiger partial charge < -0.3 is 15.4 Å². The zero-order valence-electron chi connectivity index (χ0n) is 12.7.